The van der Waals surface area contributed by atoms with Crippen molar-refractivity contribution >= 4 is 5.91 Å². The molecule has 2 N–H and O–H groups in total. The number of nitrogens with zero attached hydrogens (tertiary/aromatic N) is 1. The van der Waals surface area contributed by atoms with E-state index in [9.17, 15) is 18.0 Å². The lowest BCUT2D eigenvalue weighted by atomic mass is 9.91. The van der Waals surface area contributed by atoms with Crippen molar-refractivity contribution in [3.8, 4) is 28.3 Å². The van der Waals surface area contributed by atoms with Crippen LogP contribution in [0, 0.1) is 6.92 Å². The van der Waals surface area contributed by atoms with E-state index in [-0.39, 0.29) is 34.6 Å². The Bertz CT molecular complexity index is 1190. The molecule has 0 radical (unpaired) electrons. The number of methoxy groups -OCH3 is 1. The summed E-state index contributed by atoms with van der Waals surface area (Å²) in [6.07, 6.45) is -3.28. The van der Waals surface area contributed by atoms with Crippen molar-refractivity contribution in [2.24, 2.45) is 0 Å². The van der Waals surface area contributed by atoms with Gasteiger partial charge in [0.25, 0.3) is 0 Å². The topological polar surface area (TPSA) is 63.2 Å². The Hall–Kier alpha value is -3.39. The van der Waals surface area contributed by atoms with Crippen molar-refractivity contribution in [1.82, 2.24) is 15.6 Å². The summed E-state index contributed by atoms with van der Waals surface area (Å²) in [7, 11) is 1.45. The number of carbonyl (C=O) groups is 1. The number of carbonyl (C=O) groups excluding carboxylic acids is 1. The second-order valence-corrected chi connectivity index (χ2v) is 8.34. The van der Waals surface area contributed by atoms with Crippen molar-refractivity contribution in [1.29, 1.82) is 0 Å². The Labute approximate surface area is 196 Å². The Morgan fingerprint density at radius 2 is 1.79 bits per heavy atom. The highest BCUT2D eigenvalue weighted by molar-refractivity contribution is 5.80. The number of aryl methyl sites for hydroxylation is 1. The summed E-state index contributed by atoms with van der Waals surface area (Å²) in [5.41, 5.74) is 1.60. The van der Waals surface area contributed by atoms with Gasteiger partial charge < -0.3 is 15.4 Å². The molecule has 0 saturated carbocycles. The lowest BCUT2D eigenvalue weighted by molar-refractivity contribution is -0.136. The van der Waals surface area contributed by atoms with Gasteiger partial charge in [-0.15, -0.1) is 0 Å². The summed E-state index contributed by atoms with van der Waals surface area (Å²) < 4.78 is 48.4. The maximum absolute atomic E-state index is 14.3. The zero-order valence-electron chi connectivity index (χ0n) is 19.0. The molecular weight excluding hydrogens is 443 g/mol. The van der Waals surface area contributed by atoms with Crippen molar-refractivity contribution in [3.05, 3.63) is 71.3 Å². The van der Waals surface area contributed by atoms with E-state index in [1.54, 1.807) is 49.4 Å². The van der Waals surface area contributed by atoms with Crippen LogP contribution in [0.25, 0.3) is 22.4 Å². The Morgan fingerprint density at radius 1 is 1.06 bits per heavy atom. The van der Waals surface area contributed by atoms with Gasteiger partial charge in [0.05, 0.1) is 18.4 Å². The Balaban J connectivity index is 1.67. The van der Waals surface area contributed by atoms with Gasteiger partial charge in [0.1, 0.15) is 0 Å². The fraction of sp³-hybridized carbons (Fsp3) is 0.308. The van der Waals surface area contributed by atoms with Crippen LogP contribution in [0.3, 0.4) is 0 Å². The number of halogens is 3. The number of hydrogen-bond donors (Lipinski definition) is 2. The number of amides is 1. The number of aromatic nitrogens is 1. The fourth-order valence-electron chi connectivity index (χ4n) is 4.31. The Kier molecular flexibility index (Phi) is 6.88. The van der Waals surface area contributed by atoms with Crippen molar-refractivity contribution in [2.75, 3.05) is 13.7 Å². The molecular formula is C26H26F3N3O2. The molecule has 5 nitrogen and oxygen atoms in total. The summed E-state index contributed by atoms with van der Waals surface area (Å²) in [4.78, 5) is 15.8. The SMILES string of the molecule is COc1nc(-c2cccc(-c3ccccc3C)c2C(F)(F)F)ccc1CNC[C@@H]1CCC(=O)N1. The van der Waals surface area contributed by atoms with E-state index in [1.807, 2.05) is 0 Å². The molecule has 3 aromatic rings. The molecule has 0 aliphatic carbocycles. The van der Waals surface area contributed by atoms with Gasteiger partial charge in [0.15, 0.2) is 0 Å². The normalized spacial score (nSPS) is 15.9. The predicted octanol–water partition coefficient (Wildman–Crippen LogP) is 5.12. The summed E-state index contributed by atoms with van der Waals surface area (Å²) >= 11 is 0. The molecule has 1 amide bonds. The minimum atomic E-state index is -4.57. The molecule has 2 heterocycles. The van der Waals surface area contributed by atoms with Crippen LogP contribution in [-0.4, -0.2) is 30.6 Å². The minimum absolute atomic E-state index is 0.000250. The average Bonchev–Trinajstić information content (AvgIpc) is 3.23. The van der Waals surface area contributed by atoms with Gasteiger partial charge in [0, 0.05) is 36.7 Å². The first-order chi connectivity index (χ1) is 16.3. The molecule has 1 aliphatic rings. The molecule has 1 saturated heterocycles. The maximum Gasteiger partial charge on any atom is 0.417 e. The number of benzene rings is 2. The van der Waals surface area contributed by atoms with E-state index in [0.717, 1.165) is 17.5 Å². The minimum Gasteiger partial charge on any atom is -0.481 e. The van der Waals surface area contributed by atoms with Crippen LogP contribution in [0.15, 0.2) is 54.6 Å². The van der Waals surface area contributed by atoms with Crippen molar-refractivity contribution < 1.29 is 22.7 Å². The average molecular weight is 470 g/mol. The van der Waals surface area contributed by atoms with Crippen LogP contribution in [0.5, 0.6) is 5.88 Å². The third-order valence-corrected chi connectivity index (χ3v) is 5.98. The molecule has 0 spiro atoms. The molecule has 1 aromatic heterocycles. The first kappa shape index (κ1) is 23.8. The first-order valence-electron chi connectivity index (χ1n) is 11.1. The number of nitrogens with one attached hydrogen (secondary N) is 2. The van der Waals surface area contributed by atoms with E-state index in [1.165, 1.54) is 19.2 Å². The Morgan fingerprint density at radius 3 is 2.47 bits per heavy atom. The van der Waals surface area contributed by atoms with E-state index >= 15 is 0 Å². The second kappa shape index (κ2) is 9.85. The zero-order valence-corrected chi connectivity index (χ0v) is 19.0. The highest BCUT2D eigenvalue weighted by atomic mass is 19.4. The molecule has 2 aromatic carbocycles. The lowest BCUT2D eigenvalue weighted by Crippen LogP contribution is -2.35. The monoisotopic (exact) mass is 469 g/mol. The molecule has 0 bridgehead atoms. The molecule has 1 aliphatic heterocycles. The van der Waals surface area contributed by atoms with Crippen LogP contribution in [0.1, 0.15) is 29.5 Å². The first-order valence-corrected chi connectivity index (χ1v) is 11.1. The summed E-state index contributed by atoms with van der Waals surface area (Å²) in [5.74, 6) is 0.304. The van der Waals surface area contributed by atoms with Gasteiger partial charge in [-0.3, -0.25) is 4.79 Å². The highest BCUT2D eigenvalue weighted by Gasteiger charge is 2.37. The van der Waals surface area contributed by atoms with Gasteiger partial charge in [-0.25, -0.2) is 4.98 Å². The van der Waals surface area contributed by atoms with Crippen LogP contribution >= 0.6 is 0 Å². The fourth-order valence-corrected chi connectivity index (χ4v) is 4.31. The lowest BCUT2D eigenvalue weighted by Gasteiger charge is -2.19. The maximum atomic E-state index is 14.3. The molecule has 1 atom stereocenters. The van der Waals surface area contributed by atoms with E-state index in [2.05, 4.69) is 15.6 Å². The molecule has 4 rings (SSSR count). The van der Waals surface area contributed by atoms with Crippen LogP contribution in [-0.2, 0) is 17.5 Å². The van der Waals surface area contributed by atoms with Crippen LogP contribution in [0.4, 0.5) is 13.2 Å². The highest BCUT2D eigenvalue weighted by Crippen LogP contribution is 2.43. The predicted molar refractivity (Wildman–Crippen MR) is 124 cm³/mol. The second-order valence-electron chi connectivity index (χ2n) is 8.34. The molecule has 1 fully saturated rings. The number of rotatable bonds is 7. The molecule has 8 heteroatoms. The molecule has 34 heavy (non-hydrogen) atoms. The molecule has 0 unspecified atom stereocenters. The number of hydrogen-bond acceptors (Lipinski definition) is 4. The van der Waals surface area contributed by atoms with Gasteiger partial charge >= 0.3 is 6.18 Å². The summed E-state index contributed by atoms with van der Waals surface area (Å²) in [6.45, 7) is 2.80. The van der Waals surface area contributed by atoms with Gasteiger partial charge in [-0.2, -0.15) is 13.2 Å². The number of pyridine rings is 1. The van der Waals surface area contributed by atoms with Gasteiger partial charge in [-0.1, -0.05) is 48.5 Å². The quantitative estimate of drug-likeness (QED) is 0.504. The smallest absolute Gasteiger partial charge is 0.417 e. The third kappa shape index (κ3) is 5.07. The van der Waals surface area contributed by atoms with Gasteiger partial charge in [0.2, 0.25) is 11.8 Å². The zero-order chi connectivity index (χ0) is 24.3. The van der Waals surface area contributed by atoms with Gasteiger partial charge in [-0.05, 0) is 36.1 Å². The van der Waals surface area contributed by atoms with Crippen LogP contribution < -0.4 is 15.4 Å². The standard InChI is InChI=1S/C26H26F3N3O2/c1-16-6-3-4-7-19(16)20-8-5-9-21(24(20)26(27,28)29)22-12-10-17(25(32-22)34-2)14-30-15-18-11-13-23(33)31-18/h3-10,12,18,30H,11,13-15H2,1-2H3,(H,31,33)/t18-/m0/s1. The van der Waals surface area contributed by atoms with Crippen molar-refractivity contribution in [3.63, 3.8) is 0 Å². The van der Waals surface area contributed by atoms with Crippen LogP contribution in [0.2, 0.25) is 0 Å². The third-order valence-electron chi connectivity index (χ3n) is 5.98. The van der Waals surface area contributed by atoms with E-state index < -0.39 is 11.7 Å². The van der Waals surface area contributed by atoms with Crippen molar-refractivity contribution in [2.45, 2.75) is 38.5 Å². The largest absolute Gasteiger partial charge is 0.481 e. The summed E-state index contributed by atoms with van der Waals surface area (Å²) in [6, 6.07) is 15.0. The number of alkyl halides is 3. The van der Waals surface area contributed by atoms with E-state index in [0.29, 0.717) is 25.1 Å². The number of ether oxygens (including phenoxy) is 1. The summed E-state index contributed by atoms with van der Waals surface area (Å²) in [5, 5.41) is 6.14. The molecule has 178 valence electrons. The van der Waals surface area contributed by atoms with E-state index in [4.69, 9.17) is 4.74 Å².